The van der Waals surface area contributed by atoms with Gasteiger partial charge in [-0.15, -0.1) is 0 Å². The van der Waals surface area contributed by atoms with E-state index in [1.165, 1.54) is 7.11 Å². The highest BCUT2D eigenvalue weighted by atomic mass is 16.5. The molecule has 2 amide bonds. The van der Waals surface area contributed by atoms with Crippen molar-refractivity contribution < 1.29 is 19.4 Å². The maximum absolute atomic E-state index is 11.6. The van der Waals surface area contributed by atoms with Crippen molar-refractivity contribution in [2.24, 2.45) is 5.92 Å². The molecule has 0 aliphatic heterocycles. The molecule has 0 aliphatic carbocycles. The van der Waals surface area contributed by atoms with E-state index in [9.17, 15) is 9.59 Å². The van der Waals surface area contributed by atoms with Gasteiger partial charge >= 0.3 is 6.09 Å². The van der Waals surface area contributed by atoms with E-state index >= 15 is 0 Å². The molecule has 0 saturated heterocycles. The Kier molecular flexibility index (Phi) is 6.48. The molecular weight excluding hydrogens is 212 g/mol. The summed E-state index contributed by atoms with van der Waals surface area (Å²) in [7, 11) is 1.37. The van der Waals surface area contributed by atoms with Gasteiger partial charge in [0.1, 0.15) is 0 Å². The van der Waals surface area contributed by atoms with Crippen LogP contribution in [0.1, 0.15) is 20.8 Å². The summed E-state index contributed by atoms with van der Waals surface area (Å²) in [6.07, 6.45) is -1.99. The van der Waals surface area contributed by atoms with Crippen LogP contribution in [0.3, 0.4) is 0 Å². The molecule has 0 aromatic carbocycles. The third kappa shape index (κ3) is 5.55. The van der Waals surface area contributed by atoms with Crippen molar-refractivity contribution in [2.75, 3.05) is 13.7 Å². The van der Waals surface area contributed by atoms with Gasteiger partial charge in [0, 0.05) is 13.7 Å². The lowest BCUT2D eigenvalue weighted by Crippen LogP contribution is -2.50. The highest BCUT2D eigenvalue weighted by Crippen LogP contribution is 1.99. The number of rotatable bonds is 6. The first-order valence-corrected chi connectivity index (χ1v) is 5.18. The lowest BCUT2D eigenvalue weighted by atomic mass is 10.1. The minimum Gasteiger partial charge on any atom is -0.465 e. The van der Waals surface area contributed by atoms with E-state index in [4.69, 9.17) is 9.84 Å². The summed E-state index contributed by atoms with van der Waals surface area (Å²) in [6, 6.07) is -0.588. The van der Waals surface area contributed by atoms with Crippen LogP contribution in [0.15, 0.2) is 0 Å². The summed E-state index contributed by atoms with van der Waals surface area (Å²) in [5, 5.41) is 13.4. The normalized spacial score (nSPS) is 14.3. The topological polar surface area (TPSA) is 87.7 Å². The van der Waals surface area contributed by atoms with Crippen LogP contribution in [0.4, 0.5) is 4.79 Å². The van der Waals surface area contributed by atoms with Crippen LogP contribution in [-0.4, -0.2) is 42.9 Å². The van der Waals surface area contributed by atoms with Crippen molar-refractivity contribution in [3.8, 4) is 0 Å². The number of carboxylic acid groups (broad SMARTS) is 1. The molecule has 3 N–H and O–H groups in total. The van der Waals surface area contributed by atoms with Crippen LogP contribution in [0.5, 0.6) is 0 Å². The Morgan fingerprint density at radius 2 is 1.88 bits per heavy atom. The Bertz CT molecular complexity index is 243. The first-order valence-electron chi connectivity index (χ1n) is 5.18. The van der Waals surface area contributed by atoms with Gasteiger partial charge in [-0.25, -0.2) is 4.79 Å². The summed E-state index contributed by atoms with van der Waals surface area (Å²) in [5.41, 5.74) is 0. The third-order valence-electron chi connectivity index (χ3n) is 2.00. The molecule has 94 valence electrons. The molecule has 0 aromatic rings. The van der Waals surface area contributed by atoms with Crippen LogP contribution in [0, 0.1) is 5.92 Å². The predicted molar refractivity (Wildman–Crippen MR) is 59.3 cm³/mol. The molecule has 0 saturated carbocycles. The zero-order valence-corrected chi connectivity index (χ0v) is 10.1. The molecule has 0 bridgehead atoms. The van der Waals surface area contributed by atoms with Crippen LogP contribution in [-0.2, 0) is 9.53 Å². The number of methoxy groups -OCH3 is 1. The van der Waals surface area contributed by atoms with Gasteiger partial charge in [-0.3, -0.25) is 4.79 Å². The Hall–Kier alpha value is -1.30. The fraction of sp³-hybridized carbons (Fsp3) is 0.800. The highest BCUT2D eigenvalue weighted by Gasteiger charge is 2.25. The average molecular weight is 232 g/mol. The molecule has 0 aliphatic rings. The lowest BCUT2D eigenvalue weighted by Gasteiger charge is -2.22. The highest BCUT2D eigenvalue weighted by molar-refractivity contribution is 5.82. The number of carbonyl (C=O) groups excluding carboxylic acids is 1. The van der Waals surface area contributed by atoms with Gasteiger partial charge in [-0.2, -0.15) is 0 Å². The van der Waals surface area contributed by atoms with Crippen LogP contribution in [0.2, 0.25) is 0 Å². The van der Waals surface area contributed by atoms with Gasteiger partial charge < -0.3 is 20.5 Å². The minimum absolute atomic E-state index is 0.308. The van der Waals surface area contributed by atoms with Gasteiger partial charge in [0.05, 0.1) is 6.04 Å². The minimum atomic E-state index is -1.17. The van der Waals surface area contributed by atoms with E-state index < -0.39 is 18.2 Å². The molecule has 6 nitrogen and oxygen atoms in total. The second-order valence-electron chi connectivity index (χ2n) is 4.03. The fourth-order valence-corrected chi connectivity index (χ4v) is 1.21. The molecule has 0 spiro atoms. The van der Waals surface area contributed by atoms with Crippen molar-refractivity contribution in [1.82, 2.24) is 10.6 Å². The van der Waals surface area contributed by atoms with Crippen molar-refractivity contribution in [2.45, 2.75) is 32.9 Å². The van der Waals surface area contributed by atoms with E-state index in [2.05, 4.69) is 10.6 Å². The Labute approximate surface area is 95.4 Å². The summed E-state index contributed by atoms with van der Waals surface area (Å²) < 4.78 is 4.97. The molecule has 0 radical (unpaired) electrons. The third-order valence-corrected chi connectivity index (χ3v) is 2.00. The quantitative estimate of drug-likeness (QED) is 0.619. The van der Waals surface area contributed by atoms with Gasteiger partial charge in [-0.05, 0) is 12.8 Å². The molecule has 2 atom stereocenters. The maximum atomic E-state index is 11.6. The number of hydrogen-bond donors (Lipinski definition) is 3. The predicted octanol–water partition coefficient (Wildman–Crippen LogP) is 0.430. The lowest BCUT2D eigenvalue weighted by molar-refractivity contribution is -0.132. The second kappa shape index (κ2) is 7.05. The first-order chi connectivity index (χ1) is 7.38. The van der Waals surface area contributed by atoms with Gasteiger partial charge in [0.15, 0.2) is 6.10 Å². The number of carbonyl (C=O) groups is 2. The summed E-state index contributed by atoms with van der Waals surface area (Å²) >= 11 is 0. The van der Waals surface area contributed by atoms with Crippen LogP contribution >= 0.6 is 0 Å². The number of hydrogen-bond acceptors (Lipinski definition) is 3. The smallest absolute Gasteiger partial charge is 0.404 e. The Morgan fingerprint density at radius 1 is 1.31 bits per heavy atom. The molecule has 16 heavy (non-hydrogen) atoms. The zero-order valence-electron chi connectivity index (χ0n) is 10.1. The maximum Gasteiger partial charge on any atom is 0.404 e. The molecule has 0 heterocycles. The summed E-state index contributed by atoms with van der Waals surface area (Å²) in [6.45, 7) is 6.07. The number of amides is 2. The second-order valence-corrected chi connectivity index (χ2v) is 4.03. The van der Waals surface area contributed by atoms with Crippen LogP contribution < -0.4 is 10.6 Å². The molecule has 0 unspecified atom stereocenters. The van der Waals surface area contributed by atoms with E-state index in [0.717, 1.165) is 0 Å². The number of ether oxygens (including phenoxy) is 1. The Balaban J connectivity index is 4.24. The van der Waals surface area contributed by atoms with E-state index in [-0.39, 0.29) is 5.91 Å². The summed E-state index contributed by atoms with van der Waals surface area (Å²) in [4.78, 5) is 22.1. The molecular formula is C10H20N2O4. The SMILES string of the molecule is CO[C@H](C(=O)NCC(C)C)[C@H](C)NC(=O)O. The van der Waals surface area contributed by atoms with Gasteiger partial charge in [0.2, 0.25) is 0 Å². The fourth-order valence-electron chi connectivity index (χ4n) is 1.21. The average Bonchev–Trinajstić information content (AvgIpc) is 2.14. The van der Waals surface area contributed by atoms with Gasteiger partial charge in [-0.1, -0.05) is 13.8 Å². The Morgan fingerprint density at radius 3 is 2.25 bits per heavy atom. The standard InChI is InChI=1S/C10H20N2O4/c1-6(2)5-11-9(13)8(16-4)7(3)12-10(14)15/h6-8,12H,5H2,1-4H3,(H,11,13)(H,14,15)/t7-,8-/m0/s1. The largest absolute Gasteiger partial charge is 0.465 e. The van der Waals surface area contributed by atoms with E-state index in [1.54, 1.807) is 6.92 Å². The van der Waals surface area contributed by atoms with Crippen molar-refractivity contribution in [3.05, 3.63) is 0 Å². The molecule has 0 rings (SSSR count). The number of nitrogens with one attached hydrogen (secondary N) is 2. The first kappa shape index (κ1) is 14.7. The zero-order chi connectivity index (χ0) is 12.7. The van der Waals surface area contributed by atoms with Crippen LogP contribution in [0.25, 0.3) is 0 Å². The van der Waals surface area contributed by atoms with E-state index in [1.807, 2.05) is 13.8 Å². The molecule has 0 fully saturated rings. The molecule has 6 heteroatoms. The molecule has 0 aromatic heterocycles. The summed E-state index contributed by atoms with van der Waals surface area (Å²) in [5.74, 6) is 0.0293. The monoisotopic (exact) mass is 232 g/mol. The van der Waals surface area contributed by atoms with Crippen molar-refractivity contribution in [1.29, 1.82) is 0 Å². The van der Waals surface area contributed by atoms with E-state index in [0.29, 0.717) is 12.5 Å². The van der Waals surface area contributed by atoms with Crippen molar-refractivity contribution in [3.63, 3.8) is 0 Å². The van der Waals surface area contributed by atoms with Crippen molar-refractivity contribution >= 4 is 12.0 Å². The van der Waals surface area contributed by atoms with Gasteiger partial charge in [0.25, 0.3) is 5.91 Å².